The Labute approximate surface area is 54.9 Å². The Hall–Kier alpha value is -0.640. The molecule has 2 atom stereocenters. The average Bonchev–Trinajstić information content (AvgIpc) is 1.87. The van der Waals surface area contributed by atoms with E-state index in [1.165, 1.54) is 12.2 Å². The van der Waals surface area contributed by atoms with Crippen molar-refractivity contribution in [1.29, 1.82) is 0 Å². The second-order valence-corrected chi connectivity index (χ2v) is 1.61. The van der Waals surface area contributed by atoms with E-state index in [2.05, 4.69) is 18.5 Å². The van der Waals surface area contributed by atoms with Crippen molar-refractivity contribution in [3.05, 3.63) is 25.3 Å². The van der Waals surface area contributed by atoms with Crippen molar-refractivity contribution in [2.24, 2.45) is 5.73 Å². The van der Waals surface area contributed by atoms with Gasteiger partial charge in [-0.2, -0.15) is 0 Å². The minimum atomic E-state index is -0.752. The van der Waals surface area contributed by atoms with Crippen LogP contribution in [0.15, 0.2) is 25.3 Å². The van der Waals surface area contributed by atoms with E-state index in [0.29, 0.717) is 0 Å². The summed E-state index contributed by atoms with van der Waals surface area (Å²) < 4.78 is 0. The Morgan fingerprint density at radius 1 is 1.44 bits per heavy atom. The van der Waals surface area contributed by atoms with E-state index >= 15 is 0 Å². The number of hydrogen-bond donors (Lipinski definition) is 3. The maximum Gasteiger partial charge on any atom is 0.125 e. The molecule has 4 N–H and O–H groups in total. The predicted molar refractivity (Wildman–Crippen MR) is 37.5 cm³/mol. The minimum Gasteiger partial charge on any atom is -0.375 e. The van der Waals surface area contributed by atoms with Crippen molar-refractivity contribution in [2.75, 3.05) is 0 Å². The van der Waals surface area contributed by atoms with Gasteiger partial charge >= 0.3 is 0 Å². The molecule has 0 radical (unpaired) electrons. The zero-order valence-electron chi connectivity index (χ0n) is 5.25. The molecule has 0 rings (SSSR count). The first-order valence-electron chi connectivity index (χ1n) is 2.65. The second kappa shape index (κ2) is 4.26. The molecule has 52 valence electrons. The quantitative estimate of drug-likeness (QED) is 0.355. The molecule has 9 heavy (non-hydrogen) atoms. The molecule has 0 aliphatic heterocycles. The molecule has 2 unspecified atom stereocenters. The topological polar surface area (TPSA) is 58.3 Å². The first kappa shape index (κ1) is 8.36. The van der Waals surface area contributed by atoms with Crippen molar-refractivity contribution >= 4 is 0 Å². The van der Waals surface area contributed by atoms with Crippen LogP contribution in [0.1, 0.15) is 0 Å². The monoisotopic (exact) mass is 128 g/mol. The summed E-state index contributed by atoms with van der Waals surface area (Å²) in [4.78, 5) is 0. The van der Waals surface area contributed by atoms with Crippen molar-refractivity contribution < 1.29 is 5.11 Å². The fourth-order valence-corrected chi connectivity index (χ4v) is 0.333. The molecule has 3 nitrogen and oxygen atoms in total. The van der Waals surface area contributed by atoms with E-state index in [-0.39, 0.29) is 6.17 Å². The summed E-state index contributed by atoms with van der Waals surface area (Å²) in [7, 11) is 0. The van der Waals surface area contributed by atoms with Gasteiger partial charge in [-0.15, -0.1) is 6.58 Å². The largest absolute Gasteiger partial charge is 0.375 e. The third-order valence-corrected chi connectivity index (χ3v) is 0.840. The lowest BCUT2D eigenvalue weighted by Gasteiger charge is -2.11. The lowest BCUT2D eigenvalue weighted by atomic mass is 10.4. The smallest absolute Gasteiger partial charge is 0.125 e. The normalized spacial score (nSPS) is 16.2. The van der Waals surface area contributed by atoms with Crippen LogP contribution in [0.3, 0.4) is 0 Å². The van der Waals surface area contributed by atoms with Gasteiger partial charge in [0.1, 0.15) is 6.23 Å². The molecule has 0 aromatic rings. The Balaban J connectivity index is 3.45. The number of nitrogens with two attached hydrogens (primary N) is 1. The van der Waals surface area contributed by atoms with Gasteiger partial charge in [0.15, 0.2) is 0 Å². The lowest BCUT2D eigenvalue weighted by molar-refractivity contribution is 0.176. The van der Waals surface area contributed by atoms with Gasteiger partial charge in [0.05, 0.1) is 6.17 Å². The van der Waals surface area contributed by atoms with Crippen LogP contribution in [0.5, 0.6) is 0 Å². The molecule has 0 saturated heterocycles. The Morgan fingerprint density at radius 2 is 2.00 bits per heavy atom. The molecule has 0 bridgehead atoms. The summed E-state index contributed by atoms with van der Waals surface area (Å²) in [6.07, 6.45) is 1.71. The maximum atomic E-state index is 8.80. The molecule has 0 aliphatic carbocycles. The number of nitrogens with one attached hydrogen (secondary N) is 1. The van der Waals surface area contributed by atoms with Gasteiger partial charge in [-0.3, -0.25) is 5.32 Å². The van der Waals surface area contributed by atoms with Crippen LogP contribution in [0.4, 0.5) is 0 Å². The van der Waals surface area contributed by atoms with Crippen LogP contribution in [0, 0.1) is 0 Å². The van der Waals surface area contributed by atoms with E-state index in [1.54, 1.807) is 0 Å². The second-order valence-electron chi connectivity index (χ2n) is 1.61. The molecular weight excluding hydrogens is 116 g/mol. The molecule has 0 saturated carbocycles. The number of hydrogen-bond acceptors (Lipinski definition) is 3. The molecular formula is C6H12N2O. The van der Waals surface area contributed by atoms with E-state index in [0.717, 1.165) is 0 Å². The molecule has 0 aromatic carbocycles. The van der Waals surface area contributed by atoms with E-state index < -0.39 is 6.23 Å². The van der Waals surface area contributed by atoms with Crippen LogP contribution in [-0.4, -0.2) is 17.5 Å². The van der Waals surface area contributed by atoms with Crippen LogP contribution < -0.4 is 11.1 Å². The van der Waals surface area contributed by atoms with Crippen molar-refractivity contribution in [2.45, 2.75) is 12.4 Å². The first-order chi connectivity index (χ1) is 4.20. The summed E-state index contributed by atoms with van der Waals surface area (Å²) in [5.74, 6) is 0. The fourth-order valence-electron chi connectivity index (χ4n) is 0.333. The van der Waals surface area contributed by atoms with Gasteiger partial charge in [0.2, 0.25) is 0 Å². The molecule has 0 heterocycles. The summed E-state index contributed by atoms with van der Waals surface area (Å²) in [6, 6.07) is 0. The van der Waals surface area contributed by atoms with Gasteiger partial charge in [0, 0.05) is 0 Å². The Kier molecular flexibility index (Phi) is 3.96. The van der Waals surface area contributed by atoms with Gasteiger partial charge < -0.3 is 10.8 Å². The fraction of sp³-hybridized carbons (Fsp3) is 0.333. The van der Waals surface area contributed by atoms with Crippen LogP contribution in [-0.2, 0) is 0 Å². The van der Waals surface area contributed by atoms with Crippen molar-refractivity contribution in [1.82, 2.24) is 5.32 Å². The number of aliphatic hydroxyl groups excluding tert-OH is 1. The highest BCUT2D eigenvalue weighted by Gasteiger charge is 1.98. The molecule has 0 aliphatic rings. The first-order valence-corrected chi connectivity index (χ1v) is 2.65. The summed E-state index contributed by atoms with van der Waals surface area (Å²) >= 11 is 0. The third kappa shape index (κ3) is 3.90. The minimum absolute atomic E-state index is 0.377. The summed E-state index contributed by atoms with van der Waals surface area (Å²) in [5.41, 5.74) is 5.31. The van der Waals surface area contributed by atoms with Crippen LogP contribution in [0.25, 0.3) is 0 Å². The van der Waals surface area contributed by atoms with Crippen molar-refractivity contribution in [3.8, 4) is 0 Å². The Morgan fingerprint density at radius 3 is 2.33 bits per heavy atom. The highest BCUT2D eigenvalue weighted by atomic mass is 16.3. The van der Waals surface area contributed by atoms with E-state index in [9.17, 15) is 0 Å². The van der Waals surface area contributed by atoms with E-state index in [1.807, 2.05) is 0 Å². The van der Waals surface area contributed by atoms with Crippen LogP contribution in [0.2, 0.25) is 0 Å². The maximum absolute atomic E-state index is 8.80. The molecule has 0 aromatic heterocycles. The molecule has 0 fully saturated rings. The molecule has 3 heteroatoms. The highest BCUT2D eigenvalue weighted by Crippen LogP contribution is 1.79. The van der Waals surface area contributed by atoms with Gasteiger partial charge in [-0.1, -0.05) is 12.7 Å². The van der Waals surface area contributed by atoms with Gasteiger partial charge in [-0.25, -0.2) is 0 Å². The standard InChI is InChI=1S/C6H12N2O/c1-3-5(7)8-6(9)4-2/h3-6,8-9H,1-2,7H2. The SMILES string of the molecule is C=CC(N)NC(O)C=C. The number of aliphatic hydroxyl groups is 1. The summed E-state index contributed by atoms with van der Waals surface area (Å²) in [6.45, 7) is 6.76. The van der Waals surface area contributed by atoms with Gasteiger partial charge in [0.25, 0.3) is 0 Å². The van der Waals surface area contributed by atoms with Crippen molar-refractivity contribution in [3.63, 3.8) is 0 Å². The highest BCUT2D eigenvalue weighted by molar-refractivity contribution is 4.85. The van der Waals surface area contributed by atoms with Crippen LogP contribution >= 0.6 is 0 Å². The zero-order valence-corrected chi connectivity index (χ0v) is 5.25. The third-order valence-electron chi connectivity index (χ3n) is 0.840. The zero-order chi connectivity index (χ0) is 7.28. The lowest BCUT2D eigenvalue weighted by Crippen LogP contribution is -2.41. The summed E-state index contributed by atoms with van der Waals surface area (Å²) in [5, 5.41) is 11.4. The molecule has 0 spiro atoms. The Bertz CT molecular complexity index is 91.2. The predicted octanol–water partition coefficient (Wildman–Crippen LogP) is -0.449. The molecule has 0 amide bonds. The number of rotatable bonds is 4. The van der Waals surface area contributed by atoms with Gasteiger partial charge in [-0.05, 0) is 6.08 Å². The average molecular weight is 128 g/mol. The van der Waals surface area contributed by atoms with E-state index in [4.69, 9.17) is 10.8 Å².